The minimum atomic E-state index is -1.31. The van der Waals surface area contributed by atoms with E-state index in [0.29, 0.717) is 6.42 Å². The molecule has 0 aromatic heterocycles. The number of alkyl halides is 1. The average molecular weight is 381 g/mol. The summed E-state index contributed by atoms with van der Waals surface area (Å²) in [6, 6.07) is 8.46. The standard InChI is InChI=1S/C27H37F/c1-6-10-11-14-21-17-18-25(26(19-21)27(5,28)9-4)23(8-3)20-24-16-13-12-15-22(24)7-2/h8,12-13,15-16,19-20H,3,6-7,9-11,14,17-18H2,1-2,4-5H3/b23-20+. The van der Waals surface area contributed by atoms with Gasteiger partial charge in [0.05, 0.1) is 0 Å². The summed E-state index contributed by atoms with van der Waals surface area (Å²) in [4.78, 5) is 0. The number of allylic oxidation sites excluding steroid dienone is 6. The van der Waals surface area contributed by atoms with Crippen molar-refractivity contribution in [3.63, 3.8) is 0 Å². The van der Waals surface area contributed by atoms with Crippen LogP contribution in [0.15, 0.2) is 65.3 Å². The number of unbranched alkanes of at least 4 members (excludes halogenated alkanes) is 2. The van der Waals surface area contributed by atoms with Crippen LogP contribution in [0, 0.1) is 0 Å². The number of aryl methyl sites for hydroxylation is 1. The molecule has 1 aromatic carbocycles. The zero-order chi connectivity index (χ0) is 20.6. The van der Waals surface area contributed by atoms with Gasteiger partial charge in [-0.05, 0) is 79.4 Å². The highest BCUT2D eigenvalue weighted by atomic mass is 19.1. The summed E-state index contributed by atoms with van der Waals surface area (Å²) in [7, 11) is 0. The summed E-state index contributed by atoms with van der Waals surface area (Å²) >= 11 is 0. The third-order valence-corrected chi connectivity index (χ3v) is 6.01. The first-order valence-corrected chi connectivity index (χ1v) is 11.0. The van der Waals surface area contributed by atoms with Crippen molar-refractivity contribution in [2.24, 2.45) is 0 Å². The number of benzene rings is 1. The third-order valence-electron chi connectivity index (χ3n) is 6.01. The molecule has 1 aliphatic rings. The van der Waals surface area contributed by atoms with Crippen LogP contribution in [0.1, 0.15) is 83.8 Å². The predicted molar refractivity (Wildman–Crippen MR) is 122 cm³/mol. The molecule has 0 amide bonds. The summed E-state index contributed by atoms with van der Waals surface area (Å²) in [5.41, 5.74) is 5.69. The Kier molecular flexibility index (Phi) is 8.48. The van der Waals surface area contributed by atoms with Crippen LogP contribution >= 0.6 is 0 Å². The molecule has 1 aliphatic carbocycles. The van der Waals surface area contributed by atoms with Gasteiger partial charge in [0.25, 0.3) is 0 Å². The van der Waals surface area contributed by atoms with E-state index < -0.39 is 5.67 Å². The van der Waals surface area contributed by atoms with Crippen molar-refractivity contribution in [3.8, 4) is 0 Å². The molecule has 0 spiro atoms. The van der Waals surface area contributed by atoms with Gasteiger partial charge >= 0.3 is 0 Å². The Balaban J connectivity index is 2.50. The number of rotatable bonds is 10. The number of hydrogen-bond acceptors (Lipinski definition) is 0. The van der Waals surface area contributed by atoms with E-state index >= 15 is 4.39 Å². The van der Waals surface area contributed by atoms with Crippen molar-refractivity contribution in [1.29, 1.82) is 0 Å². The van der Waals surface area contributed by atoms with Crippen LogP contribution in [0.3, 0.4) is 0 Å². The number of hydrogen-bond donors (Lipinski definition) is 0. The smallest absolute Gasteiger partial charge is 0.133 e. The van der Waals surface area contributed by atoms with E-state index in [4.69, 9.17) is 0 Å². The predicted octanol–water partition coefficient (Wildman–Crippen LogP) is 8.55. The zero-order valence-corrected chi connectivity index (χ0v) is 18.3. The molecule has 0 saturated carbocycles. The minimum Gasteiger partial charge on any atom is -0.239 e. The Bertz CT molecular complexity index is 758. The van der Waals surface area contributed by atoms with Gasteiger partial charge in [-0.3, -0.25) is 0 Å². The van der Waals surface area contributed by atoms with Crippen molar-refractivity contribution >= 4 is 6.08 Å². The van der Waals surface area contributed by atoms with Crippen LogP contribution in [0.4, 0.5) is 4.39 Å². The quantitative estimate of drug-likeness (QED) is 0.282. The maximum Gasteiger partial charge on any atom is 0.133 e. The fourth-order valence-electron chi connectivity index (χ4n) is 3.97. The molecule has 1 aromatic rings. The summed E-state index contributed by atoms with van der Waals surface area (Å²) in [5.74, 6) is 0. The highest BCUT2D eigenvalue weighted by molar-refractivity contribution is 5.67. The van der Waals surface area contributed by atoms with E-state index in [1.54, 1.807) is 6.92 Å². The highest BCUT2D eigenvalue weighted by Crippen LogP contribution is 2.40. The van der Waals surface area contributed by atoms with E-state index in [0.717, 1.165) is 42.4 Å². The lowest BCUT2D eigenvalue weighted by Gasteiger charge is -2.29. The first-order valence-electron chi connectivity index (χ1n) is 11.0. The van der Waals surface area contributed by atoms with Crippen molar-refractivity contribution < 1.29 is 4.39 Å². The molecule has 0 aliphatic heterocycles. The van der Waals surface area contributed by atoms with Crippen LogP contribution in [0.5, 0.6) is 0 Å². The molecule has 2 rings (SSSR count). The summed E-state index contributed by atoms with van der Waals surface area (Å²) < 4.78 is 15.5. The second-order valence-corrected chi connectivity index (χ2v) is 8.06. The van der Waals surface area contributed by atoms with E-state index in [1.807, 2.05) is 13.0 Å². The average Bonchev–Trinajstić information content (AvgIpc) is 2.72. The fraction of sp³-hybridized carbons (Fsp3) is 0.481. The molecule has 152 valence electrons. The Morgan fingerprint density at radius 2 is 1.89 bits per heavy atom. The van der Waals surface area contributed by atoms with Crippen LogP contribution < -0.4 is 0 Å². The SMILES string of the molecule is C=C/C(=C\c1ccccc1CC)C1=C(C(C)(F)CC)C=C(CCCCC)CC1. The Morgan fingerprint density at radius 1 is 1.14 bits per heavy atom. The summed E-state index contributed by atoms with van der Waals surface area (Å²) in [6.07, 6.45) is 14.4. The van der Waals surface area contributed by atoms with Crippen LogP contribution in [-0.4, -0.2) is 5.67 Å². The monoisotopic (exact) mass is 380 g/mol. The largest absolute Gasteiger partial charge is 0.239 e. The normalized spacial score (nSPS) is 17.3. The third kappa shape index (κ3) is 5.56. The fourth-order valence-corrected chi connectivity index (χ4v) is 3.97. The minimum absolute atomic E-state index is 0.487. The van der Waals surface area contributed by atoms with Crippen molar-refractivity contribution in [2.75, 3.05) is 0 Å². The Hall–Kier alpha value is -1.89. The van der Waals surface area contributed by atoms with Gasteiger partial charge in [-0.25, -0.2) is 4.39 Å². The Labute approximate surface area is 171 Å². The zero-order valence-electron chi connectivity index (χ0n) is 18.3. The molecule has 1 unspecified atom stereocenters. The molecule has 1 atom stereocenters. The van der Waals surface area contributed by atoms with Gasteiger partial charge < -0.3 is 0 Å². The van der Waals surface area contributed by atoms with Crippen LogP contribution in [0.25, 0.3) is 6.08 Å². The van der Waals surface area contributed by atoms with Crippen molar-refractivity contribution in [2.45, 2.75) is 84.7 Å². The molecule has 0 fully saturated rings. The number of halogens is 1. The van der Waals surface area contributed by atoms with Gasteiger partial charge in [-0.15, -0.1) is 0 Å². The maximum atomic E-state index is 15.5. The molecular weight excluding hydrogens is 343 g/mol. The molecule has 0 nitrogen and oxygen atoms in total. The maximum absolute atomic E-state index is 15.5. The second-order valence-electron chi connectivity index (χ2n) is 8.06. The lowest BCUT2D eigenvalue weighted by atomic mass is 9.79. The van der Waals surface area contributed by atoms with Crippen LogP contribution in [-0.2, 0) is 6.42 Å². The molecule has 28 heavy (non-hydrogen) atoms. The van der Waals surface area contributed by atoms with Gasteiger partial charge in [0.1, 0.15) is 5.67 Å². The molecular formula is C27H37F. The molecule has 0 saturated heterocycles. The molecule has 0 N–H and O–H groups in total. The van der Waals surface area contributed by atoms with E-state index in [-0.39, 0.29) is 0 Å². The Morgan fingerprint density at radius 3 is 2.54 bits per heavy atom. The van der Waals surface area contributed by atoms with Gasteiger partial charge in [0.2, 0.25) is 0 Å². The van der Waals surface area contributed by atoms with E-state index in [2.05, 4.69) is 56.8 Å². The molecule has 1 heteroatoms. The lowest BCUT2D eigenvalue weighted by Crippen LogP contribution is -2.23. The van der Waals surface area contributed by atoms with Crippen molar-refractivity contribution in [3.05, 3.63) is 76.4 Å². The molecule has 0 heterocycles. The molecule has 0 radical (unpaired) electrons. The first kappa shape index (κ1) is 22.4. The lowest BCUT2D eigenvalue weighted by molar-refractivity contribution is 0.234. The summed E-state index contributed by atoms with van der Waals surface area (Å²) in [5, 5.41) is 0. The first-order chi connectivity index (χ1) is 13.5. The summed E-state index contributed by atoms with van der Waals surface area (Å²) in [6.45, 7) is 12.1. The topological polar surface area (TPSA) is 0 Å². The second kappa shape index (κ2) is 10.6. The molecule has 0 bridgehead atoms. The van der Waals surface area contributed by atoms with Gasteiger partial charge in [-0.2, -0.15) is 0 Å². The van der Waals surface area contributed by atoms with Crippen molar-refractivity contribution in [1.82, 2.24) is 0 Å². The highest BCUT2D eigenvalue weighted by Gasteiger charge is 2.30. The van der Waals surface area contributed by atoms with Crippen LogP contribution in [0.2, 0.25) is 0 Å². The van der Waals surface area contributed by atoms with E-state index in [9.17, 15) is 0 Å². The van der Waals surface area contributed by atoms with Gasteiger partial charge in [-0.1, -0.05) is 82.2 Å². The van der Waals surface area contributed by atoms with E-state index in [1.165, 1.54) is 36.0 Å². The van der Waals surface area contributed by atoms with Gasteiger partial charge in [0, 0.05) is 0 Å². The van der Waals surface area contributed by atoms with Gasteiger partial charge in [0.15, 0.2) is 0 Å².